The predicted octanol–water partition coefficient (Wildman–Crippen LogP) is 3.04. The van der Waals surface area contributed by atoms with Crippen molar-refractivity contribution in [1.29, 1.82) is 0 Å². The van der Waals surface area contributed by atoms with Crippen LogP contribution < -0.4 is 9.80 Å². The smallest absolute Gasteiger partial charge is 0.133 e. The van der Waals surface area contributed by atoms with Crippen molar-refractivity contribution in [3.8, 4) is 0 Å². The molecule has 0 amide bonds. The minimum atomic E-state index is -0.208. The second-order valence-electron chi connectivity index (χ2n) is 5.59. The number of quaternary nitrogens is 1. The zero-order valence-corrected chi connectivity index (χ0v) is 13.7. The van der Waals surface area contributed by atoms with Crippen molar-refractivity contribution in [3.05, 3.63) is 63.9 Å². The fraction of sp³-hybridized carbons (Fsp3) is 0.294. The average Bonchev–Trinajstić information content (AvgIpc) is 2.53. The minimum Gasteiger partial charge on any atom is -0.360 e. The van der Waals surface area contributed by atoms with Gasteiger partial charge in [-0.15, -0.1) is 0 Å². The van der Waals surface area contributed by atoms with Crippen LogP contribution in [0.3, 0.4) is 0 Å². The van der Waals surface area contributed by atoms with Crippen LogP contribution in [0.4, 0.5) is 10.1 Å². The van der Waals surface area contributed by atoms with E-state index >= 15 is 0 Å². The first-order chi connectivity index (χ1) is 10.6. The van der Waals surface area contributed by atoms with Crippen LogP contribution in [0.1, 0.15) is 5.56 Å². The quantitative estimate of drug-likeness (QED) is 0.903. The lowest BCUT2D eigenvalue weighted by Gasteiger charge is -2.33. The molecule has 2 aromatic rings. The van der Waals surface area contributed by atoms with Gasteiger partial charge in [0.2, 0.25) is 0 Å². The van der Waals surface area contributed by atoms with Gasteiger partial charge in [0, 0.05) is 10.7 Å². The number of nitrogens with zero attached hydrogens (tertiary/aromatic N) is 1. The fourth-order valence-corrected chi connectivity index (χ4v) is 3.22. The van der Waals surface area contributed by atoms with E-state index in [2.05, 4.69) is 4.90 Å². The first-order valence-electron chi connectivity index (χ1n) is 7.40. The normalized spacial score (nSPS) is 16.0. The summed E-state index contributed by atoms with van der Waals surface area (Å²) in [5.41, 5.74) is 1.81. The van der Waals surface area contributed by atoms with E-state index in [1.54, 1.807) is 12.1 Å². The van der Waals surface area contributed by atoms with Crippen molar-refractivity contribution < 1.29 is 9.29 Å². The molecule has 1 aliphatic heterocycles. The van der Waals surface area contributed by atoms with Crippen molar-refractivity contribution in [2.75, 3.05) is 31.1 Å². The zero-order chi connectivity index (χ0) is 15.5. The van der Waals surface area contributed by atoms with Gasteiger partial charge < -0.3 is 9.80 Å². The van der Waals surface area contributed by atoms with E-state index in [1.165, 1.54) is 16.7 Å². The Labute approximate surface area is 140 Å². The maximum atomic E-state index is 13.9. The van der Waals surface area contributed by atoms with Gasteiger partial charge in [-0.25, -0.2) is 4.39 Å². The van der Waals surface area contributed by atoms with Gasteiger partial charge in [0.25, 0.3) is 0 Å². The predicted molar refractivity (Wildman–Crippen MR) is 89.5 cm³/mol. The lowest BCUT2D eigenvalue weighted by Crippen LogP contribution is -3.13. The number of halogens is 3. The molecule has 0 aromatic heterocycles. The van der Waals surface area contributed by atoms with Crippen molar-refractivity contribution >= 4 is 28.9 Å². The maximum Gasteiger partial charge on any atom is 0.133 e. The van der Waals surface area contributed by atoms with Crippen LogP contribution in [-0.2, 0) is 6.54 Å². The van der Waals surface area contributed by atoms with E-state index in [9.17, 15) is 4.39 Å². The Morgan fingerprint density at radius 3 is 2.32 bits per heavy atom. The Morgan fingerprint density at radius 2 is 1.68 bits per heavy atom. The first-order valence-corrected chi connectivity index (χ1v) is 8.16. The molecule has 1 heterocycles. The number of hydrogen-bond acceptors (Lipinski definition) is 1. The van der Waals surface area contributed by atoms with Crippen LogP contribution >= 0.6 is 23.2 Å². The molecule has 116 valence electrons. The fourth-order valence-electron chi connectivity index (χ4n) is 2.86. The molecule has 1 fully saturated rings. The molecule has 22 heavy (non-hydrogen) atoms. The lowest BCUT2D eigenvalue weighted by atomic mass is 10.1. The monoisotopic (exact) mass is 339 g/mol. The van der Waals surface area contributed by atoms with E-state index in [-0.39, 0.29) is 5.82 Å². The highest BCUT2D eigenvalue weighted by atomic mass is 35.5. The Kier molecular flexibility index (Phi) is 4.87. The molecule has 1 N–H and O–H groups in total. The highest BCUT2D eigenvalue weighted by Crippen LogP contribution is 2.19. The largest absolute Gasteiger partial charge is 0.360 e. The molecule has 1 aliphatic rings. The maximum absolute atomic E-state index is 13.9. The second kappa shape index (κ2) is 6.86. The van der Waals surface area contributed by atoms with Gasteiger partial charge in [-0.3, -0.25) is 0 Å². The van der Waals surface area contributed by atoms with Crippen LogP contribution in [0, 0.1) is 5.82 Å². The zero-order valence-electron chi connectivity index (χ0n) is 12.2. The highest BCUT2D eigenvalue weighted by molar-refractivity contribution is 6.31. The summed E-state index contributed by atoms with van der Waals surface area (Å²) in [5.74, 6) is -0.208. The average molecular weight is 340 g/mol. The first kappa shape index (κ1) is 15.6. The third-order valence-electron chi connectivity index (χ3n) is 4.15. The summed E-state index contributed by atoms with van der Waals surface area (Å²) in [6.45, 7) is 4.46. The summed E-state index contributed by atoms with van der Waals surface area (Å²) < 4.78 is 13.9. The molecule has 0 unspecified atom stereocenters. The number of piperazine rings is 1. The van der Waals surface area contributed by atoms with Gasteiger partial charge in [0.1, 0.15) is 12.4 Å². The van der Waals surface area contributed by atoms with E-state index in [0.717, 1.165) is 31.2 Å². The Bertz CT molecular complexity index is 617. The molecule has 5 heteroatoms. The van der Waals surface area contributed by atoms with Gasteiger partial charge >= 0.3 is 0 Å². The standard InChI is InChI=1S/C17H17Cl2FN2/c18-13-4-6-14(7-5-13)22-10-8-21(9-11-22)12-15-16(19)2-1-3-17(15)20/h1-7H,8-12H2/p+1. The lowest BCUT2D eigenvalue weighted by molar-refractivity contribution is -0.914. The van der Waals surface area contributed by atoms with Crippen LogP contribution in [0.25, 0.3) is 0 Å². The number of rotatable bonds is 3. The van der Waals surface area contributed by atoms with Crippen LogP contribution in [-0.4, -0.2) is 26.2 Å². The SMILES string of the molecule is Fc1cccc(Cl)c1C[NH+]1CCN(c2ccc(Cl)cc2)CC1. The number of hydrogen-bond donors (Lipinski definition) is 1. The Balaban J connectivity index is 1.61. The molecule has 0 saturated carbocycles. The third kappa shape index (κ3) is 3.54. The molecule has 2 aromatic carbocycles. The van der Waals surface area contributed by atoms with Crippen molar-refractivity contribution in [1.82, 2.24) is 0 Å². The van der Waals surface area contributed by atoms with Gasteiger partial charge in [0.05, 0.1) is 36.8 Å². The molecule has 1 saturated heterocycles. The van der Waals surface area contributed by atoms with Crippen LogP contribution in [0.5, 0.6) is 0 Å². The molecular weight excluding hydrogens is 322 g/mol. The Morgan fingerprint density at radius 1 is 1.00 bits per heavy atom. The van der Waals surface area contributed by atoms with E-state index in [1.807, 2.05) is 24.3 Å². The molecule has 0 aliphatic carbocycles. The summed E-state index contributed by atoms with van der Waals surface area (Å²) in [5, 5.41) is 1.27. The molecule has 2 nitrogen and oxygen atoms in total. The van der Waals surface area contributed by atoms with E-state index in [0.29, 0.717) is 17.1 Å². The molecule has 0 atom stereocenters. The van der Waals surface area contributed by atoms with E-state index < -0.39 is 0 Å². The van der Waals surface area contributed by atoms with Gasteiger partial charge in [-0.1, -0.05) is 29.3 Å². The van der Waals surface area contributed by atoms with Gasteiger partial charge in [-0.2, -0.15) is 0 Å². The summed E-state index contributed by atoms with van der Waals surface area (Å²) in [6, 6.07) is 12.8. The summed E-state index contributed by atoms with van der Waals surface area (Å²) in [4.78, 5) is 3.69. The molecule has 0 bridgehead atoms. The van der Waals surface area contributed by atoms with Crippen LogP contribution in [0.15, 0.2) is 42.5 Å². The van der Waals surface area contributed by atoms with Crippen molar-refractivity contribution in [3.63, 3.8) is 0 Å². The number of benzene rings is 2. The third-order valence-corrected chi connectivity index (χ3v) is 4.76. The highest BCUT2D eigenvalue weighted by Gasteiger charge is 2.22. The molecule has 0 spiro atoms. The van der Waals surface area contributed by atoms with E-state index in [4.69, 9.17) is 23.2 Å². The van der Waals surface area contributed by atoms with Crippen LogP contribution in [0.2, 0.25) is 10.0 Å². The Hall–Kier alpha value is -1.29. The number of anilines is 1. The topological polar surface area (TPSA) is 7.68 Å². The summed E-state index contributed by atoms with van der Waals surface area (Å²) >= 11 is 12.0. The number of nitrogens with one attached hydrogen (secondary N) is 1. The molecular formula is C17H18Cl2FN2+. The summed E-state index contributed by atoms with van der Waals surface area (Å²) in [6.07, 6.45) is 0. The molecule has 3 rings (SSSR count). The second-order valence-corrected chi connectivity index (χ2v) is 6.43. The van der Waals surface area contributed by atoms with Crippen molar-refractivity contribution in [2.45, 2.75) is 6.54 Å². The summed E-state index contributed by atoms with van der Waals surface area (Å²) in [7, 11) is 0. The van der Waals surface area contributed by atoms with Crippen molar-refractivity contribution in [2.24, 2.45) is 0 Å². The molecule has 0 radical (unpaired) electrons. The minimum absolute atomic E-state index is 0.208. The van der Waals surface area contributed by atoms with Gasteiger partial charge in [0.15, 0.2) is 0 Å². The van der Waals surface area contributed by atoms with Gasteiger partial charge in [-0.05, 0) is 36.4 Å².